The number of benzene rings is 2. The predicted molar refractivity (Wildman–Crippen MR) is 101 cm³/mol. The summed E-state index contributed by atoms with van der Waals surface area (Å²) in [6, 6.07) is 11.9. The maximum atomic E-state index is 13.7. The molecule has 2 aromatic carbocycles. The van der Waals surface area contributed by atoms with Crippen LogP contribution in [-0.2, 0) is 5.92 Å². The summed E-state index contributed by atoms with van der Waals surface area (Å²) >= 11 is -0.318. The largest absolute Gasteiger partial charge is 0.489 e. The van der Waals surface area contributed by atoms with E-state index in [1.165, 1.54) is 43.3 Å². The second kappa shape index (κ2) is 8.92. The average molecular weight is 444 g/mol. The highest BCUT2D eigenvalue weighted by Gasteiger charge is 2.32. The summed E-state index contributed by atoms with van der Waals surface area (Å²) in [7, 11) is 0. The van der Waals surface area contributed by atoms with E-state index in [0.29, 0.717) is 6.92 Å². The van der Waals surface area contributed by atoms with Crippen LogP contribution in [0.1, 0.15) is 29.8 Å². The molecular weight excluding hydrogens is 427 g/mol. The summed E-state index contributed by atoms with van der Waals surface area (Å²) < 4.78 is 69.9. The van der Waals surface area contributed by atoms with E-state index in [1.807, 2.05) is 6.07 Å². The van der Waals surface area contributed by atoms with Crippen LogP contribution in [0.15, 0.2) is 53.4 Å². The van der Waals surface area contributed by atoms with Gasteiger partial charge in [-0.3, -0.25) is 4.79 Å². The lowest BCUT2D eigenvalue weighted by Gasteiger charge is -2.25. The van der Waals surface area contributed by atoms with Gasteiger partial charge in [0, 0.05) is 17.4 Å². The van der Waals surface area contributed by atoms with Crippen LogP contribution >= 0.6 is 11.8 Å². The number of carbonyl (C=O) groups is 1. The van der Waals surface area contributed by atoms with E-state index in [-0.39, 0.29) is 33.5 Å². The van der Waals surface area contributed by atoms with Gasteiger partial charge in [0.15, 0.2) is 5.54 Å². The highest BCUT2D eigenvalue weighted by molar-refractivity contribution is 8.00. The number of halogens is 5. The van der Waals surface area contributed by atoms with Crippen molar-refractivity contribution in [1.29, 1.82) is 5.26 Å². The minimum atomic E-state index is -4.45. The van der Waals surface area contributed by atoms with Gasteiger partial charge >= 0.3 is 5.51 Å². The van der Waals surface area contributed by atoms with Crippen LogP contribution in [0, 0.1) is 11.3 Å². The molecule has 0 aliphatic heterocycles. The summed E-state index contributed by atoms with van der Waals surface area (Å²) in [5.41, 5.74) is -6.36. The topological polar surface area (TPSA) is 62.1 Å². The van der Waals surface area contributed by atoms with Crippen molar-refractivity contribution in [3.63, 3.8) is 0 Å². The van der Waals surface area contributed by atoms with Crippen molar-refractivity contribution >= 4 is 17.7 Å². The molecule has 0 saturated carbocycles. The number of rotatable bonds is 7. The monoisotopic (exact) mass is 444 g/mol. The van der Waals surface area contributed by atoms with Crippen LogP contribution in [0.25, 0.3) is 0 Å². The van der Waals surface area contributed by atoms with E-state index in [4.69, 9.17) is 4.74 Å². The summed E-state index contributed by atoms with van der Waals surface area (Å²) in [5, 5.41) is 11.9. The first kappa shape index (κ1) is 23.5. The SMILES string of the molecule is CC(C#N)(COc1ccccc1C(C)(F)F)NC(=O)c1ccc(SC(F)(F)F)cc1. The summed E-state index contributed by atoms with van der Waals surface area (Å²) in [4.78, 5) is 12.3. The Bertz CT molecular complexity index is 936. The number of nitriles is 1. The molecule has 1 atom stereocenters. The molecule has 0 radical (unpaired) electrons. The Hall–Kier alpha value is -2.80. The number of nitrogens with zero attached hydrogens (tertiary/aromatic N) is 1. The molecule has 0 aliphatic rings. The van der Waals surface area contributed by atoms with Crippen LogP contribution in [0.4, 0.5) is 22.0 Å². The van der Waals surface area contributed by atoms with Gasteiger partial charge in [0.1, 0.15) is 12.4 Å². The molecular formula is C20H17F5N2O2S. The maximum Gasteiger partial charge on any atom is 0.446 e. The average Bonchev–Trinajstić information content (AvgIpc) is 2.65. The third-order valence-corrected chi connectivity index (χ3v) is 4.60. The molecule has 1 amide bonds. The quantitative estimate of drug-likeness (QED) is 0.453. The highest BCUT2D eigenvalue weighted by atomic mass is 32.2. The van der Waals surface area contributed by atoms with Crippen molar-refractivity contribution < 1.29 is 31.5 Å². The van der Waals surface area contributed by atoms with Gasteiger partial charge in [0.2, 0.25) is 0 Å². The normalized spacial score (nSPS) is 13.8. The van der Waals surface area contributed by atoms with Crippen LogP contribution in [0.3, 0.4) is 0 Å². The zero-order valence-corrected chi connectivity index (χ0v) is 16.7. The van der Waals surface area contributed by atoms with Gasteiger partial charge in [-0.25, -0.2) is 8.78 Å². The van der Waals surface area contributed by atoms with E-state index in [0.717, 1.165) is 12.1 Å². The molecule has 10 heteroatoms. The Labute approximate surface area is 174 Å². The summed E-state index contributed by atoms with van der Waals surface area (Å²) in [5.74, 6) is -4.02. The standard InChI is InChI=1S/C20H17F5N2O2S/c1-18(11-26,12-29-16-6-4-3-5-15(16)19(2,21)22)27-17(28)13-7-9-14(10-8-13)30-20(23,24)25/h3-10H,12H2,1-2H3,(H,27,28). The molecule has 0 bridgehead atoms. The summed E-state index contributed by atoms with van der Waals surface area (Å²) in [6.07, 6.45) is 0. The molecule has 4 nitrogen and oxygen atoms in total. The minimum absolute atomic E-state index is 0.0310. The molecule has 0 heterocycles. The van der Waals surface area contributed by atoms with E-state index in [1.54, 1.807) is 0 Å². The third kappa shape index (κ3) is 6.62. The molecule has 1 N–H and O–H groups in total. The number of ether oxygens (including phenoxy) is 1. The lowest BCUT2D eigenvalue weighted by atomic mass is 10.0. The molecule has 0 fully saturated rings. The predicted octanol–water partition coefficient (Wildman–Crippen LogP) is 5.50. The molecule has 0 spiro atoms. The fourth-order valence-electron chi connectivity index (χ4n) is 2.40. The van der Waals surface area contributed by atoms with E-state index >= 15 is 0 Å². The van der Waals surface area contributed by atoms with Crippen molar-refractivity contribution in [2.45, 2.75) is 35.7 Å². The summed E-state index contributed by atoms with van der Waals surface area (Å²) in [6.45, 7) is 1.62. The third-order valence-electron chi connectivity index (χ3n) is 3.86. The van der Waals surface area contributed by atoms with Crippen LogP contribution in [-0.4, -0.2) is 23.6 Å². The van der Waals surface area contributed by atoms with Crippen molar-refractivity contribution in [2.24, 2.45) is 0 Å². The van der Waals surface area contributed by atoms with Crippen LogP contribution in [0.2, 0.25) is 0 Å². The number of thioether (sulfide) groups is 1. The fourth-order valence-corrected chi connectivity index (χ4v) is 2.94. The smallest absolute Gasteiger partial charge is 0.446 e. The van der Waals surface area contributed by atoms with Gasteiger partial charge in [-0.1, -0.05) is 12.1 Å². The van der Waals surface area contributed by atoms with Crippen LogP contribution < -0.4 is 10.1 Å². The van der Waals surface area contributed by atoms with E-state index in [9.17, 15) is 32.0 Å². The number of carbonyl (C=O) groups excluding carboxylic acids is 1. The lowest BCUT2D eigenvalue weighted by molar-refractivity contribution is -0.0328. The highest BCUT2D eigenvalue weighted by Crippen LogP contribution is 2.37. The molecule has 0 aliphatic carbocycles. The lowest BCUT2D eigenvalue weighted by Crippen LogP contribution is -2.49. The Balaban J connectivity index is 2.09. The van der Waals surface area contributed by atoms with Crippen molar-refractivity contribution in [1.82, 2.24) is 5.32 Å². The molecule has 1 unspecified atom stereocenters. The molecule has 0 saturated heterocycles. The number of alkyl halides is 5. The number of para-hydroxylation sites is 1. The fraction of sp³-hybridized carbons (Fsp3) is 0.300. The maximum absolute atomic E-state index is 13.7. The second-order valence-electron chi connectivity index (χ2n) is 6.64. The first-order valence-corrected chi connectivity index (χ1v) is 9.34. The molecule has 30 heavy (non-hydrogen) atoms. The molecule has 2 aromatic rings. The number of nitrogens with one attached hydrogen (secondary N) is 1. The minimum Gasteiger partial charge on any atom is -0.489 e. The molecule has 160 valence electrons. The van der Waals surface area contributed by atoms with Crippen molar-refractivity contribution in [3.8, 4) is 11.8 Å². The number of amides is 1. The first-order valence-electron chi connectivity index (χ1n) is 8.53. The Morgan fingerprint density at radius 1 is 1.07 bits per heavy atom. The Morgan fingerprint density at radius 2 is 1.67 bits per heavy atom. The van der Waals surface area contributed by atoms with Gasteiger partial charge in [0.25, 0.3) is 11.8 Å². The molecule has 2 rings (SSSR count). The molecule has 0 aromatic heterocycles. The van der Waals surface area contributed by atoms with E-state index in [2.05, 4.69) is 5.32 Å². The van der Waals surface area contributed by atoms with Crippen LogP contribution in [0.5, 0.6) is 5.75 Å². The zero-order valence-electron chi connectivity index (χ0n) is 15.9. The van der Waals surface area contributed by atoms with Gasteiger partial charge in [-0.2, -0.15) is 18.4 Å². The Kier molecular flexibility index (Phi) is 6.98. The van der Waals surface area contributed by atoms with Gasteiger partial charge in [-0.15, -0.1) is 0 Å². The van der Waals surface area contributed by atoms with Crippen molar-refractivity contribution in [3.05, 3.63) is 59.7 Å². The second-order valence-corrected chi connectivity index (χ2v) is 7.78. The van der Waals surface area contributed by atoms with Gasteiger partial charge < -0.3 is 10.1 Å². The Morgan fingerprint density at radius 3 is 2.20 bits per heavy atom. The zero-order chi connectivity index (χ0) is 22.6. The van der Waals surface area contributed by atoms with E-state index < -0.39 is 29.5 Å². The van der Waals surface area contributed by atoms with Gasteiger partial charge in [-0.05, 0) is 55.1 Å². The van der Waals surface area contributed by atoms with Crippen molar-refractivity contribution in [2.75, 3.05) is 6.61 Å². The number of hydrogen-bond donors (Lipinski definition) is 1. The number of hydrogen-bond acceptors (Lipinski definition) is 4. The van der Waals surface area contributed by atoms with Gasteiger partial charge in [0.05, 0.1) is 11.6 Å². The first-order chi connectivity index (χ1) is 13.8.